The fourth-order valence-corrected chi connectivity index (χ4v) is 5.37. The number of aromatic nitrogens is 2. The maximum atomic E-state index is 13.8. The van der Waals surface area contributed by atoms with Gasteiger partial charge in [-0.15, -0.1) is 0 Å². The summed E-state index contributed by atoms with van der Waals surface area (Å²) in [6.45, 7) is 4.91. The number of carbonyl (C=O) groups excluding carboxylic acids is 1. The highest BCUT2D eigenvalue weighted by atomic mass is 19.3. The van der Waals surface area contributed by atoms with E-state index in [-0.39, 0.29) is 29.3 Å². The molecule has 0 unspecified atom stereocenters. The van der Waals surface area contributed by atoms with Crippen molar-refractivity contribution in [1.29, 1.82) is 0 Å². The Morgan fingerprint density at radius 2 is 1.89 bits per heavy atom. The molecule has 0 radical (unpaired) electrons. The molecule has 0 spiro atoms. The molecule has 0 bridgehead atoms. The van der Waals surface area contributed by atoms with E-state index in [0.29, 0.717) is 30.3 Å². The van der Waals surface area contributed by atoms with E-state index in [1.165, 1.54) is 7.11 Å². The van der Waals surface area contributed by atoms with Gasteiger partial charge < -0.3 is 19.7 Å². The van der Waals surface area contributed by atoms with Gasteiger partial charge in [0.25, 0.3) is 12.3 Å². The molecule has 3 heterocycles. The molecule has 1 saturated carbocycles. The molecule has 2 aliphatic rings. The van der Waals surface area contributed by atoms with Crippen LogP contribution in [-0.2, 0) is 4.74 Å². The number of carbonyl (C=O) groups is 1. The Labute approximate surface area is 205 Å². The summed E-state index contributed by atoms with van der Waals surface area (Å²) in [7, 11) is 1.37. The second kappa shape index (κ2) is 11.7. The summed E-state index contributed by atoms with van der Waals surface area (Å²) in [5, 5.41) is 3.23. The number of pyridine rings is 2. The number of anilines is 1. The summed E-state index contributed by atoms with van der Waals surface area (Å²) in [5.41, 5.74) is 1.14. The Hall–Kier alpha value is -2.81. The normalized spacial score (nSPS) is 21.6. The lowest BCUT2D eigenvalue weighted by atomic mass is 9.74. The molecule has 190 valence electrons. The number of halogens is 2. The van der Waals surface area contributed by atoms with Crippen molar-refractivity contribution in [3.8, 4) is 5.88 Å². The fourth-order valence-electron chi connectivity index (χ4n) is 5.37. The Morgan fingerprint density at radius 1 is 1.17 bits per heavy atom. The first-order chi connectivity index (χ1) is 17.0. The molecule has 0 aromatic carbocycles. The number of amides is 1. The van der Waals surface area contributed by atoms with Gasteiger partial charge in [-0.25, -0.2) is 18.7 Å². The van der Waals surface area contributed by atoms with Crippen LogP contribution in [0.15, 0.2) is 30.6 Å². The SMILES string of the molecule is CC[C@H](NC(=O)c1ccnc(N2CCOCC2)c1)[C@H]1CC[C@@H](c2ccnc(OC)c2C(F)F)CC1. The topological polar surface area (TPSA) is 76.6 Å². The fraction of sp³-hybridized carbons (Fsp3) is 0.577. The first-order valence-corrected chi connectivity index (χ1v) is 12.4. The Bertz CT molecular complexity index is 992. The molecule has 7 nitrogen and oxygen atoms in total. The van der Waals surface area contributed by atoms with Crippen molar-refractivity contribution in [2.24, 2.45) is 5.92 Å². The third kappa shape index (κ3) is 5.89. The van der Waals surface area contributed by atoms with Crippen molar-refractivity contribution >= 4 is 11.7 Å². The van der Waals surface area contributed by atoms with Crippen molar-refractivity contribution < 1.29 is 23.0 Å². The molecule has 9 heteroatoms. The summed E-state index contributed by atoms with van der Waals surface area (Å²) in [5.74, 6) is 1.04. The number of hydrogen-bond donors (Lipinski definition) is 1. The van der Waals surface area contributed by atoms with Crippen LogP contribution in [0, 0.1) is 5.92 Å². The summed E-state index contributed by atoms with van der Waals surface area (Å²) >= 11 is 0. The van der Waals surface area contributed by atoms with Crippen LogP contribution in [0.5, 0.6) is 5.88 Å². The lowest BCUT2D eigenvalue weighted by Gasteiger charge is -2.35. The van der Waals surface area contributed by atoms with Gasteiger partial charge in [0, 0.05) is 37.1 Å². The second-order valence-corrected chi connectivity index (χ2v) is 9.23. The van der Waals surface area contributed by atoms with Crippen LogP contribution < -0.4 is 15.0 Å². The minimum absolute atomic E-state index is 0.00659. The molecule has 1 atom stereocenters. The van der Waals surface area contributed by atoms with Crippen molar-refractivity contribution in [3.63, 3.8) is 0 Å². The van der Waals surface area contributed by atoms with Gasteiger partial charge in [0.15, 0.2) is 0 Å². The second-order valence-electron chi connectivity index (χ2n) is 9.23. The molecule has 4 rings (SSSR count). The van der Waals surface area contributed by atoms with Gasteiger partial charge in [-0.2, -0.15) is 0 Å². The Morgan fingerprint density at radius 3 is 2.54 bits per heavy atom. The number of alkyl halides is 2. The van der Waals surface area contributed by atoms with Crippen LogP contribution in [0.1, 0.15) is 72.9 Å². The number of methoxy groups -OCH3 is 1. The first kappa shape index (κ1) is 25.3. The van der Waals surface area contributed by atoms with Crippen molar-refractivity contribution in [2.45, 2.75) is 57.4 Å². The minimum Gasteiger partial charge on any atom is -0.481 e. The number of morpholine rings is 1. The summed E-state index contributed by atoms with van der Waals surface area (Å²) < 4.78 is 38.0. The van der Waals surface area contributed by atoms with E-state index >= 15 is 0 Å². The average Bonchev–Trinajstić information content (AvgIpc) is 2.91. The van der Waals surface area contributed by atoms with Crippen LogP contribution in [0.25, 0.3) is 0 Å². The average molecular weight is 489 g/mol. The van der Waals surface area contributed by atoms with Gasteiger partial charge in [-0.05, 0) is 67.7 Å². The van der Waals surface area contributed by atoms with E-state index in [1.54, 1.807) is 24.5 Å². The van der Waals surface area contributed by atoms with E-state index in [2.05, 4.69) is 27.1 Å². The predicted octanol–water partition coefficient (Wildman–Crippen LogP) is 4.74. The molecule has 2 fully saturated rings. The number of ether oxygens (including phenoxy) is 2. The van der Waals surface area contributed by atoms with Crippen molar-refractivity contribution in [1.82, 2.24) is 15.3 Å². The first-order valence-electron chi connectivity index (χ1n) is 12.4. The predicted molar refractivity (Wildman–Crippen MR) is 129 cm³/mol. The molecule has 1 aliphatic heterocycles. The van der Waals surface area contributed by atoms with Crippen LogP contribution in [-0.4, -0.2) is 55.3 Å². The summed E-state index contributed by atoms with van der Waals surface area (Å²) in [6.07, 6.45) is 4.72. The zero-order chi connectivity index (χ0) is 24.8. The number of nitrogens with one attached hydrogen (secondary N) is 1. The lowest BCUT2D eigenvalue weighted by molar-refractivity contribution is 0.0908. The zero-order valence-electron chi connectivity index (χ0n) is 20.4. The van der Waals surface area contributed by atoms with Crippen LogP contribution >= 0.6 is 0 Å². The maximum Gasteiger partial charge on any atom is 0.269 e. The van der Waals surface area contributed by atoms with Gasteiger partial charge in [-0.3, -0.25) is 4.79 Å². The summed E-state index contributed by atoms with van der Waals surface area (Å²) in [6, 6.07) is 5.31. The smallest absolute Gasteiger partial charge is 0.269 e. The quantitative estimate of drug-likeness (QED) is 0.578. The Kier molecular flexibility index (Phi) is 8.49. The van der Waals surface area contributed by atoms with Gasteiger partial charge in [0.2, 0.25) is 5.88 Å². The molecule has 2 aromatic heterocycles. The van der Waals surface area contributed by atoms with E-state index in [1.807, 2.05) is 6.07 Å². The maximum absolute atomic E-state index is 13.8. The van der Waals surface area contributed by atoms with Gasteiger partial charge in [-0.1, -0.05) is 6.92 Å². The molecule has 1 amide bonds. The molecule has 1 aliphatic carbocycles. The molecule has 35 heavy (non-hydrogen) atoms. The molecular weight excluding hydrogens is 454 g/mol. The lowest BCUT2D eigenvalue weighted by Crippen LogP contribution is -2.41. The van der Waals surface area contributed by atoms with Crippen LogP contribution in [0.3, 0.4) is 0 Å². The van der Waals surface area contributed by atoms with E-state index in [0.717, 1.165) is 51.0 Å². The molecule has 1 saturated heterocycles. The number of rotatable bonds is 8. The molecule has 2 aromatic rings. The van der Waals surface area contributed by atoms with Gasteiger partial charge >= 0.3 is 0 Å². The van der Waals surface area contributed by atoms with E-state index < -0.39 is 6.43 Å². The van der Waals surface area contributed by atoms with Crippen molar-refractivity contribution in [3.05, 3.63) is 47.3 Å². The summed E-state index contributed by atoms with van der Waals surface area (Å²) in [4.78, 5) is 23.6. The van der Waals surface area contributed by atoms with Crippen molar-refractivity contribution in [2.75, 3.05) is 38.3 Å². The van der Waals surface area contributed by atoms with Crippen LogP contribution in [0.4, 0.5) is 14.6 Å². The third-order valence-corrected chi connectivity index (χ3v) is 7.28. The molecular formula is C26H34F2N4O3. The third-order valence-electron chi connectivity index (χ3n) is 7.28. The highest BCUT2D eigenvalue weighted by Gasteiger charge is 2.32. The number of nitrogens with zero attached hydrogens (tertiary/aromatic N) is 3. The van der Waals surface area contributed by atoms with E-state index in [4.69, 9.17) is 9.47 Å². The van der Waals surface area contributed by atoms with Gasteiger partial charge in [0.05, 0.1) is 25.9 Å². The highest BCUT2D eigenvalue weighted by Crippen LogP contribution is 2.42. The van der Waals surface area contributed by atoms with Gasteiger partial charge in [0.1, 0.15) is 5.82 Å². The number of hydrogen-bond acceptors (Lipinski definition) is 6. The standard InChI is InChI=1S/C26H34F2N4O3/c1-3-21(31-25(33)19-8-10-29-22(16-19)32-12-14-35-15-13-32)18-6-4-17(5-7-18)20-9-11-30-26(34-2)23(20)24(27)28/h8-11,16-18,21,24H,3-7,12-15H2,1-2H3,(H,31,33)/t17-,18+,21-/m0/s1. The monoisotopic (exact) mass is 488 g/mol. The minimum atomic E-state index is -2.63. The largest absolute Gasteiger partial charge is 0.481 e. The highest BCUT2D eigenvalue weighted by molar-refractivity contribution is 5.95. The Balaban J connectivity index is 1.39. The van der Waals surface area contributed by atoms with Crippen LogP contribution in [0.2, 0.25) is 0 Å². The zero-order valence-corrected chi connectivity index (χ0v) is 20.4. The van der Waals surface area contributed by atoms with E-state index in [9.17, 15) is 13.6 Å². The molecule has 1 N–H and O–H groups in total.